The maximum Gasteiger partial charge on any atom is 0.160 e. The van der Waals surface area contributed by atoms with Gasteiger partial charge < -0.3 is 0 Å². The molecule has 0 saturated carbocycles. The van der Waals surface area contributed by atoms with E-state index in [1.807, 2.05) is 17.4 Å². The number of benzene rings is 8. The normalized spacial score (nSPS) is 12.8. The molecule has 0 saturated heterocycles. The lowest BCUT2D eigenvalue weighted by Crippen LogP contribution is -2.14. The largest absolute Gasteiger partial charge is 0.228 e. The molecule has 0 atom stereocenters. The van der Waals surface area contributed by atoms with Crippen LogP contribution in [0.15, 0.2) is 194 Å². The van der Waals surface area contributed by atoms with E-state index in [0.29, 0.717) is 5.82 Å². The predicted octanol–water partition coefficient (Wildman–Crippen LogP) is 15.2. The lowest BCUT2D eigenvalue weighted by molar-refractivity contribution is 0.660. The van der Waals surface area contributed by atoms with Crippen LogP contribution < -0.4 is 0 Å². The first-order valence-electron chi connectivity index (χ1n) is 19.9. The van der Waals surface area contributed by atoms with Crippen LogP contribution >= 0.6 is 11.3 Å². The van der Waals surface area contributed by atoms with Crippen molar-refractivity contribution >= 4 is 31.5 Å². The Kier molecular flexibility index (Phi) is 8.06. The minimum Gasteiger partial charge on any atom is -0.228 e. The molecule has 0 bridgehead atoms. The van der Waals surface area contributed by atoms with E-state index in [-0.39, 0.29) is 5.41 Å². The maximum atomic E-state index is 5.28. The van der Waals surface area contributed by atoms with Crippen molar-refractivity contribution in [3.8, 4) is 78.4 Å². The van der Waals surface area contributed by atoms with Gasteiger partial charge in [-0.15, -0.1) is 11.3 Å². The summed E-state index contributed by atoms with van der Waals surface area (Å²) in [5, 5.41) is 2.59. The summed E-state index contributed by atoms with van der Waals surface area (Å²) in [7, 11) is 0. The van der Waals surface area contributed by atoms with Crippen LogP contribution in [-0.2, 0) is 5.41 Å². The van der Waals surface area contributed by atoms with Crippen molar-refractivity contribution in [2.45, 2.75) is 19.3 Å². The summed E-state index contributed by atoms with van der Waals surface area (Å²) in [6.07, 6.45) is 0. The highest BCUT2D eigenvalue weighted by Gasteiger charge is 2.36. The number of aromatic nitrogens is 2. The molecule has 3 heteroatoms. The zero-order valence-corrected chi connectivity index (χ0v) is 33.1. The molecule has 0 amide bonds. The molecule has 0 aliphatic heterocycles. The third-order valence-corrected chi connectivity index (χ3v) is 13.1. The van der Waals surface area contributed by atoms with Crippen molar-refractivity contribution in [3.05, 3.63) is 205 Å². The number of nitrogens with zero attached hydrogens (tertiary/aromatic N) is 2. The fourth-order valence-corrected chi connectivity index (χ4v) is 10.0. The van der Waals surface area contributed by atoms with Gasteiger partial charge in [0.05, 0.1) is 11.4 Å². The van der Waals surface area contributed by atoms with Gasteiger partial charge in [0.25, 0.3) is 0 Å². The number of hydrogen-bond acceptors (Lipinski definition) is 3. The van der Waals surface area contributed by atoms with E-state index in [2.05, 4.69) is 202 Å². The van der Waals surface area contributed by atoms with Gasteiger partial charge in [-0.1, -0.05) is 166 Å². The smallest absolute Gasteiger partial charge is 0.160 e. The van der Waals surface area contributed by atoms with E-state index in [1.165, 1.54) is 64.7 Å². The molecule has 2 nitrogen and oxygen atoms in total. The van der Waals surface area contributed by atoms with E-state index in [1.54, 1.807) is 0 Å². The SMILES string of the molecule is CC1(C)c2ccccc2-c2c(-c3ccc(-c4cc(-c5cc(-c6ccccc6)cc(-c6ccc7sc8ccccc8c7c6)c5)nc(-c5ccccc5)n4)cc3)cccc21. The number of rotatable bonds is 6. The Morgan fingerprint density at radius 1 is 0.362 bits per heavy atom. The van der Waals surface area contributed by atoms with Gasteiger partial charge in [-0.3, -0.25) is 0 Å². The second kappa shape index (κ2) is 13.6. The summed E-state index contributed by atoms with van der Waals surface area (Å²) in [4.78, 5) is 10.5. The average Bonchev–Trinajstić information content (AvgIpc) is 3.78. The lowest BCUT2D eigenvalue weighted by atomic mass is 9.82. The quantitative estimate of drug-likeness (QED) is 0.169. The third kappa shape index (κ3) is 5.78. The minimum absolute atomic E-state index is 0.0458. The molecule has 2 aromatic heterocycles. The summed E-state index contributed by atoms with van der Waals surface area (Å²) in [5.41, 5.74) is 17.3. The average molecular weight is 759 g/mol. The van der Waals surface area contributed by atoms with Crippen molar-refractivity contribution in [3.63, 3.8) is 0 Å². The predicted molar refractivity (Wildman–Crippen MR) is 245 cm³/mol. The van der Waals surface area contributed by atoms with Crippen molar-refractivity contribution < 1.29 is 0 Å². The van der Waals surface area contributed by atoms with E-state index >= 15 is 0 Å². The van der Waals surface area contributed by atoms with E-state index in [4.69, 9.17) is 9.97 Å². The number of thiophene rings is 1. The first-order chi connectivity index (χ1) is 28.5. The zero-order valence-electron chi connectivity index (χ0n) is 32.3. The molecule has 1 aliphatic carbocycles. The molecule has 0 fully saturated rings. The van der Waals surface area contributed by atoms with Crippen LogP contribution in [0.1, 0.15) is 25.0 Å². The maximum absolute atomic E-state index is 5.28. The Bertz CT molecular complexity index is 3180. The first kappa shape index (κ1) is 34.3. The highest BCUT2D eigenvalue weighted by Crippen LogP contribution is 2.52. The second-order valence-corrected chi connectivity index (χ2v) is 16.9. The molecular formula is C55H38N2S. The van der Waals surface area contributed by atoms with Gasteiger partial charge in [0.15, 0.2) is 5.82 Å². The molecule has 10 aromatic rings. The van der Waals surface area contributed by atoms with Crippen LogP contribution in [-0.4, -0.2) is 9.97 Å². The monoisotopic (exact) mass is 758 g/mol. The summed E-state index contributed by atoms with van der Waals surface area (Å²) in [5.74, 6) is 0.703. The topological polar surface area (TPSA) is 25.8 Å². The van der Waals surface area contributed by atoms with Crippen LogP contribution in [0.2, 0.25) is 0 Å². The third-order valence-electron chi connectivity index (χ3n) is 11.9. The molecule has 0 radical (unpaired) electrons. The van der Waals surface area contributed by atoms with Gasteiger partial charge in [0, 0.05) is 42.3 Å². The molecule has 0 N–H and O–H groups in total. The van der Waals surface area contributed by atoms with Gasteiger partial charge in [0.1, 0.15) is 0 Å². The van der Waals surface area contributed by atoms with E-state index < -0.39 is 0 Å². The van der Waals surface area contributed by atoms with Gasteiger partial charge in [-0.2, -0.15) is 0 Å². The van der Waals surface area contributed by atoms with Crippen molar-refractivity contribution in [1.82, 2.24) is 9.97 Å². The Morgan fingerprint density at radius 2 is 0.931 bits per heavy atom. The fourth-order valence-electron chi connectivity index (χ4n) is 8.92. The second-order valence-electron chi connectivity index (χ2n) is 15.8. The molecule has 2 heterocycles. The minimum atomic E-state index is -0.0458. The Morgan fingerprint density at radius 3 is 1.72 bits per heavy atom. The Balaban J connectivity index is 1.05. The number of fused-ring (bicyclic) bond motifs is 6. The van der Waals surface area contributed by atoms with E-state index in [9.17, 15) is 0 Å². The van der Waals surface area contributed by atoms with Crippen LogP contribution in [0, 0.1) is 0 Å². The first-order valence-corrected chi connectivity index (χ1v) is 20.7. The lowest BCUT2D eigenvalue weighted by Gasteiger charge is -2.21. The summed E-state index contributed by atoms with van der Waals surface area (Å²) in [6, 6.07) is 70.2. The standard InChI is InChI=1S/C55H38N2S/c1-55(2)47-21-11-9-19-45(47)53-43(20-13-22-48(53)55)36-24-26-37(27-25-36)49-34-50(57-54(56-49)38-16-7-4-8-17-38)42-31-40(35-14-5-3-6-15-35)30-41(32-42)39-28-29-52-46(33-39)44-18-10-12-23-51(44)58-52/h3-34H,1-2H3. The summed E-state index contributed by atoms with van der Waals surface area (Å²) in [6.45, 7) is 4.67. The molecule has 274 valence electrons. The van der Waals surface area contributed by atoms with Gasteiger partial charge in [-0.05, 0) is 98.1 Å². The van der Waals surface area contributed by atoms with Crippen LogP contribution in [0.25, 0.3) is 98.6 Å². The van der Waals surface area contributed by atoms with Crippen molar-refractivity contribution in [1.29, 1.82) is 0 Å². The highest BCUT2D eigenvalue weighted by molar-refractivity contribution is 7.25. The molecule has 1 aliphatic rings. The zero-order chi connectivity index (χ0) is 38.8. The van der Waals surface area contributed by atoms with Crippen molar-refractivity contribution in [2.24, 2.45) is 0 Å². The van der Waals surface area contributed by atoms with E-state index in [0.717, 1.165) is 39.2 Å². The van der Waals surface area contributed by atoms with Crippen molar-refractivity contribution in [2.75, 3.05) is 0 Å². The Hall–Kier alpha value is -6.94. The van der Waals surface area contributed by atoms with Gasteiger partial charge in [-0.25, -0.2) is 9.97 Å². The van der Waals surface area contributed by atoms with Crippen LogP contribution in [0.3, 0.4) is 0 Å². The molecule has 58 heavy (non-hydrogen) atoms. The fraction of sp³-hybridized carbons (Fsp3) is 0.0545. The highest BCUT2D eigenvalue weighted by atomic mass is 32.1. The molecule has 0 unspecified atom stereocenters. The molecule has 0 spiro atoms. The number of hydrogen-bond donors (Lipinski definition) is 0. The van der Waals surface area contributed by atoms with Gasteiger partial charge in [0.2, 0.25) is 0 Å². The molecule has 8 aromatic carbocycles. The Labute approximate surface area is 342 Å². The summed E-state index contributed by atoms with van der Waals surface area (Å²) < 4.78 is 2.61. The molecule has 11 rings (SSSR count). The van der Waals surface area contributed by atoms with Crippen LogP contribution in [0.4, 0.5) is 0 Å². The van der Waals surface area contributed by atoms with Gasteiger partial charge >= 0.3 is 0 Å². The van der Waals surface area contributed by atoms with Crippen LogP contribution in [0.5, 0.6) is 0 Å². The summed E-state index contributed by atoms with van der Waals surface area (Å²) >= 11 is 1.85. The molecular weight excluding hydrogens is 721 g/mol.